The molecule has 1 rings (SSSR count). The summed E-state index contributed by atoms with van der Waals surface area (Å²) in [5, 5.41) is 0. The van der Waals surface area contributed by atoms with Crippen molar-refractivity contribution in [3.05, 3.63) is 30.0 Å². The van der Waals surface area contributed by atoms with E-state index in [9.17, 15) is 4.79 Å². The van der Waals surface area contributed by atoms with E-state index in [1.54, 1.807) is 25.8 Å². The van der Waals surface area contributed by atoms with E-state index in [0.717, 1.165) is 16.2 Å². The fraction of sp³-hybridized carbons (Fsp3) is 0.357. The Bertz CT molecular complexity index is 467. The molecule has 0 heterocycles. The van der Waals surface area contributed by atoms with Gasteiger partial charge in [0.2, 0.25) is 0 Å². The molecule has 0 aromatic heterocycles. The number of carbonyl (C=O) groups is 1. The van der Waals surface area contributed by atoms with E-state index in [1.165, 1.54) is 0 Å². The lowest BCUT2D eigenvalue weighted by Crippen LogP contribution is -2.07. The largest absolute Gasteiger partial charge is 0.496 e. The molecule has 0 amide bonds. The summed E-state index contributed by atoms with van der Waals surface area (Å²) in [4.78, 5) is 14.7. The average molecular weight is 265 g/mol. The highest BCUT2D eigenvalue weighted by Crippen LogP contribution is 2.30. The Kier molecular flexibility index (Phi) is 5.28. The van der Waals surface area contributed by atoms with Gasteiger partial charge in [0.25, 0.3) is 0 Å². The first-order valence-corrected chi connectivity index (χ1v) is 6.83. The normalized spacial score (nSPS) is 11.3. The van der Waals surface area contributed by atoms with Gasteiger partial charge >= 0.3 is 0 Å². The summed E-state index contributed by atoms with van der Waals surface area (Å²) in [7, 11) is 5.41. The van der Waals surface area contributed by atoms with E-state index in [1.807, 2.05) is 49.7 Å². The number of methoxy groups -OCH3 is 1. The fourth-order valence-corrected chi connectivity index (χ4v) is 2.06. The zero-order valence-corrected chi connectivity index (χ0v) is 12.3. The van der Waals surface area contributed by atoms with Crippen molar-refractivity contribution in [1.82, 2.24) is 4.90 Å². The summed E-state index contributed by atoms with van der Waals surface area (Å²) in [6, 6.07) is 5.88. The van der Waals surface area contributed by atoms with Gasteiger partial charge < -0.3 is 9.64 Å². The van der Waals surface area contributed by atoms with Crippen LogP contribution >= 0.6 is 11.8 Å². The Labute approximate surface area is 113 Å². The van der Waals surface area contributed by atoms with Gasteiger partial charge in [0.15, 0.2) is 5.78 Å². The van der Waals surface area contributed by atoms with Gasteiger partial charge in [-0.15, -0.1) is 11.8 Å². The Morgan fingerprint density at radius 1 is 1.39 bits per heavy atom. The second kappa shape index (κ2) is 6.50. The van der Waals surface area contributed by atoms with E-state index in [-0.39, 0.29) is 5.78 Å². The maximum absolute atomic E-state index is 11.7. The van der Waals surface area contributed by atoms with E-state index >= 15 is 0 Å². The maximum atomic E-state index is 11.7. The molecule has 0 atom stereocenters. The topological polar surface area (TPSA) is 29.5 Å². The molecule has 0 unspecified atom stereocenters. The highest BCUT2D eigenvalue weighted by molar-refractivity contribution is 7.98. The van der Waals surface area contributed by atoms with E-state index in [2.05, 4.69) is 0 Å². The van der Waals surface area contributed by atoms with Crippen molar-refractivity contribution in [2.24, 2.45) is 0 Å². The molecule has 18 heavy (non-hydrogen) atoms. The van der Waals surface area contributed by atoms with Crippen LogP contribution in [0.1, 0.15) is 12.5 Å². The number of allylic oxidation sites excluding steroid dienone is 1. The van der Waals surface area contributed by atoms with Gasteiger partial charge in [-0.25, -0.2) is 0 Å². The number of ether oxygens (including phenoxy) is 1. The zero-order chi connectivity index (χ0) is 13.7. The van der Waals surface area contributed by atoms with Crippen LogP contribution in [0.15, 0.2) is 29.3 Å². The van der Waals surface area contributed by atoms with E-state index in [4.69, 9.17) is 4.74 Å². The summed E-state index contributed by atoms with van der Waals surface area (Å²) >= 11 is 1.65. The number of ketones is 1. The summed E-state index contributed by atoms with van der Waals surface area (Å²) < 4.78 is 5.38. The molecule has 4 heteroatoms. The number of carbonyl (C=O) groups excluding carboxylic acids is 1. The molecule has 1 aromatic rings. The minimum atomic E-state index is 0.0268. The number of nitrogens with zero attached hydrogens (tertiary/aromatic N) is 1. The molecular formula is C14H19NO2S. The molecule has 0 radical (unpaired) electrons. The maximum Gasteiger partial charge on any atom is 0.162 e. The van der Waals surface area contributed by atoms with Crippen molar-refractivity contribution < 1.29 is 9.53 Å². The molecular weight excluding hydrogens is 246 g/mol. The van der Waals surface area contributed by atoms with Crippen LogP contribution in [0, 0.1) is 0 Å². The smallest absolute Gasteiger partial charge is 0.162 e. The second-order valence-corrected chi connectivity index (χ2v) is 5.01. The van der Waals surface area contributed by atoms with Crippen LogP contribution < -0.4 is 4.74 Å². The summed E-state index contributed by atoms with van der Waals surface area (Å²) in [5.74, 6) is 0.754. The number of hydrogen-bond acceptors (Lipinski definition) is 4. The van der Waals surface area contributed by atoms with Gasteiger partial charge in [0.1, 0.15) is 5.75 Å². The van der Waals surface area contributed by atoms with Crippen molar-refractivity contribution in [1.29, 1.82) is 0 Å². The van der Waals surface area contributed by atoms with Crippen LogP contribution in [0.25, 0.3) is 5.57 Å². The molecule has 0 fully saturated rings. The first-order valence-electron chi connectivity index (χ1n) is 5.61. The lowest BCUT2D eigenvalue weighted by molar-refractivity contribution is -0.111. The monoisotopic (exact) mass is 265 g/mol. The minimum absolute atomic E-state index is 0.0268. The van der Waals surface area contributed by atoms with Crippen molar-refractivity contribution in [2.45, 2.75) is 11.8 Å². The van der Waals surface area contributed by atoms with Crippen molar-refractivity contribution >= 4 is 23.1 Å². The molecule has 0 aliphatic carbocycles. The van der Waals surface area contributed by atoms with Crippen molar-refractivity contribution in [2.75, 3.05) is 27.5 Å². The fourth-order valence-electron chi connectivity index (χ4n) is 1.63. The number of benzene rings is 1. The van der Waals surface area contributed by atoms with Crippen molar-refractivity contribution in [3.63, 3.8) is 0 Å². The third-order valence-corrected chi connectivity index (χ3v) is 3.19. The van der Waals surface area contributed by atoms with Crippen LogP contribution in [0.4, 0.5) is 0 Å². The predicted octanol–water partition coefficient (Wildman–Crippen LogP) is 2.91. The van der Waals surface area contributed by atoms with Gasteiger partial charge in [-0.2, -0.15) is 0 Å². The third kappa shape index (κ3) is 3.53. The molecule has 0 spiro atoms. The summed E-state index contributed by atoms with van der Waals surface area (Å²) in [6.45, 7) is 1.57. The number of thioether (sulfide) groups is 1. The quantitative estimate of drug-likeness (QED) is 0.605. The third-order valence-electron chi connectivity index (χ3n) is 2.47. The molecule has 3 nitrogen and oxygen atoms in total. The van der Waals surface area contributed by atoms with Gasteiger partial charge in [-0.1, -0.05) is 0 Å². The lowest BCUT2D eigenvalue weighted by Gasteiger charge is -2.14. The van der Waals surface area contributed by atoms with Crippen molar-refractivity contribution in [3.8, 4) is 5.75 Å². The molecule has 0 aliphatic rings. The highest BCUT2D eigenvalue weighted by atomic mass is 32.2. The zero-order valence-electron chi connectivity index (χ0n) is 11.5. The first kappa shape index (κ1) is 14.6. The second-order valence-electron chi connectivity index (χ2n) is 4.13. The standard InChI is InChI=1S/C14H19NO2S/c1-10(16)13(9-15(2)3)12-7-6-11(18-5)8-14(12)17-4/h6-9H,1-5H3/b13-9-. The lowest BCUT2D eigenvalue weighted by atomic mass is 10.0. The molecule has 98 valence electrons. The Morgan fingerprint density at radius 2 is 2.06 bits per heavy atom. The van der Waals surface area contributed by atoms with Crippen LogP contribution in [-0.2, 0) is 4.79 Å². The van der Waals surface area contributed by atoms with Gasteiger partial charge in [-0.05, 0) is 31.4 Å². The summed E-state index contributed by atoms with van der Waals surface area (Å²) in [5.41, 5.74) is 1.49. The molecule has 0 saturated heterocycles. The first-order chi connectivity index (χ1) is 8.49. The Hall–Kier alpha value is -1.42. The molecule has 0 N–H and O–H groups in total. The van der Waals surface area contributed by atoms with Gasteiger partial charge in [0.05, 0.1) is 7.11 Å². The Balaban J connectivity index is 3.32. The molecule has 0 bridgehead atoms. The predicted molar refractivity (Wildman–Crippen MR) is 77.1 cm³/mol. The highest BCUT2D eigenvalue weighted by Gasteiger charge is 2.13. The van der Waals surface area contributed by atoms with Crippen LogP contribution in [0.5, 0.6) is 5.75 Å². The van der Waals surface area contributed by atoms with Crippen LogP contribution in [-0.4, -0.2) is 38.1 Å². The average Bonchev–Trinajstić information content (AvgIpc) is 2.34. The number of hydrogen-bond donors (Lipinski definition) is 0. The van der Waals surface area contributed by atoms with Gasteiger partial charge in [-0.3, -0.25) is 4.79 Å². The van der Waals surface area contributed by atoms with Crippen LogP contribution in [0.3, 0.4) is 0 Å². The minimum Gasteiger partial charge on any atom is -0.496 e. The molecule has 0 aliphatic heterocycles. The van der Waals surface area contributed by atoms with E-state index < -0.39 is 0 Å². The SMILES string of the molecule is COc1cc(SC)ccc1/C(=C\N(C)C)C(C)=O. The van der Waals surface area contributed by atoms with Crippen LogP contribution in [0.2, 0.25) is 0 Å². The number of rotatable bonds is 5. The van der Waals surface area contributed by atoms with E-state index in [0.29, 0.717) is 5.57 Å². The Morgan fingerprint density at radius 3 is 2.50 bits per heavy atom. The van der Waals surface area contributed by atoms with Gasteiger partial charge in [0, 0.05) is 36.3 Å². The molecule has 1 aromatic carbocycles. The molecule has 0 saturated carbocycles. The summed E-state index contributed by atoms with van der Waals surface area (Å²) in [6.07, 6.45) is 3.83. The number of Topliss-reactive ketones (excluding diaryl/α,β-unsaturated/α-hetero) is 1.